The molecule has 7 heteroatoms. The number of aromatic nitrogens is 2. The number of fused-ring (bicyclic) bond motifs is 1. The lowest BCUT2D eigenvalue weighted by Crippen LogP contribution is -2.47. The monoisotopic (exact) mass is 433 g/mol. The summed E-state index contributed by atoms with van der Waals surface area (Å²) in [7, 11) is 1.69. The SMILES string of the molecule is COc1ccc(N2CCN(CCCNC(=O)c3ccc4nc(C)c(C)nc4c3)CC2)cc1. The molecule has 1 aliphatic rings. The van der Waals surface area contributed by atoms with Crippen LogP contribution in [0.25, 0.3) is 11.0 Å². The summed E-state index contributed by atoms with van der Waals surface area (Å²) in [6.45, 7) is 9.61. The number of amides is 1. The number of hydrogen-bond donors (Lipinski definition) is 1. The van der Waals surface area contributed by atoms with Gasteiger partial charge >= 0.3 is 0 Å². The van der Waals surface area contributed by atoms with Crippen LogP contribution in [0.4, 0.5) is 5.69 Å². The Morgan fingerprint density at radius 2 is 1.66 bits per heavy atom. The van der Waals surface area contributed by atoms with E-state index in [1.165, 1.54) is 5.69 Å². The van der Waals surface area contributed by atoms with Gasteiger partial charge in [-0.15, -0.1) is 0 Å². The molecule has 1 aromatic heterocycles. The van der Waals surface area contributed by atoms with E-state index in [1.807, 2.05) is 44.2 Å². The second-order valence-electron chi connectivity index (χ2n) is 8.23. The van der Waals surface area contributed by atoms with Crippen LogP contribution < -0.4 is 15.0 Å². The average Bonchev–Trinajstić information content (AvgIpc) is 2.82. The van der Waals surface area contributed by atoms with Crippen LogP contribution in [0.15, 0.2) is 42.5 Å². The molecule has 1 N–H and O–H groups in total. The topological polar surface area (TPSA) is 70.6 Å². The number of benzene rings is 2. The molecule has 1 fully saturated rings. The molecule has 0 spiro atoms. The Morgan fingerprint density at radius 3 is 2.34 bits per heavy atom. The van der Waals surface area contributed by atoms with Gasteiger partial charge in [0.1, 0.15) is 5.75 Å². The van der Waals surface area contributed by atoms with Crippen LogP contribution in [0, 0.1) is 13.8 Å². The van der Waals surface area contributed by atoms with Crippen molar-refractivity contribution in [2.24, 2.45) is 0 Å². The van der Waals surface area contributed by atoms with E-state index in [-0.39, 0.29) is 5.91 Å². The number of piperazine rings is 1. The van der Waals surface area contributed by atoms with Crippen molar-refractivity contribution in [3.63, 3.8) is 0 Å². The number of carbonyl (C=O) groups excluding carboxylic acids is 1. The quantitative estimate of drug-likeness (QED) is 0.577. The Labute approximate surface area is 189 Å². The van der Waals surface area contributed by atoms with E-state index in [0.717, 1.165) is 67.3 Å². The molecular formula is C25H31N5O2. The van der Waals surface area contributed by atoms with Crippen molar-refractivity contribution < 1.29 is 9.53 Å². The Balaban J connectivity index is 1.20. The first-order chi connectivity index (χ1) is 15.5. The third kappa shape index (κ3) is 5.16. The lowest BCUT2D eigenvalue weighted by atomic mass is 10.1. The highest BCUT2D eigenvalue weighted by atomic mass is 16.5. The molecule has 1 amide bonds. The number of methoxy groups -OCH3 is 1. The molecule has 2 heterocycles. The highest BCUT2D eigenvalue weighted by Gasteiger charge is 2.17. The molecule has 0 aliphatic carbocycles. The van der Waals surface area contributed by atoms with Gasteiger partial charge in [0.25, 0.3) is 5.91 Å². The number of hydrogen-bond acceptors (Lipinski definition) is 6. The van der Waals surface area contributed by atoms with Crippen LogP contribution in [-0.2, 0) is 0 Å². The summed E-state index contributed by atoms with van der Waals surface area (Å²) >= 11 is 0. The average molecular weight is 434 g/mol. The van der Waals surface area contributed by atoms with Gasteiger partial charge < -0.3 is 15.0 Å². The van der Waals surface area contributed by atoms with E-state index in [2.05, 4.69) is 37.2 Å². The van der Waals surface area contributed by atoms with Gasteiger partial charge in [-0.3, -0.25) is 9.69 Å². The second kappa shape index (κ2) is 9.96. The summed E-state index contributed by atoms with van der Waals surface area (Å²) in [4.78, 5) is 26.5. The number of nitrogens with one attached hydrogen (secondary N) is 1. The summed E-state index contributed by atoms with van der Waals surface area (Å²) in [5.41, 5.74) is 5.25. The van der Waals surface area contributed by atoms with Gasteiger partial charge in [0, 0.05) is 44.0 Å². The molecular weight excluding hydrogens is 402 g/mol. The van der Waals surface area contributed by atoms with Crippen LogP contribution >= 0.6 is 0 Å². The van der Waals surface area contributed by atoms with Gasteiger partial charge in [0.05, 0.1) is 29.5 Å². The standard InChI is InChI=1S/C25H31N5O2/c1-18-19(2)28-24-17-20(5-10-23(24)27-18)25(31)26-11-4-12-29-13-15-30(16-14-29)21-6-8-22(32-3)9-7-21/h5-10,17H,4,11-16H2,1-3H3,(H,26,31). The Hall–Kier alpha value is -3.19. The summed E-state index contributed by atoms with van der Waals surface area (Å²) < 4.78 is 5.24. The Morgan fingerprint density at radius 1 is 0.969 bits per heavy atom. The van der Waals surface area contributed by atoms with Crippen molar-refractivity contribution in [1.29, 1.82) is 0 Å². The van der Waals surface area contributed by atoms with Crippen LogP contribution in [0.1, 0.15) is 28.2 Å². The fourth-order valence-electron chi connectivity index (χ4n) is 4.00. The van der Waals surface area contributed by atoms with Gasteiger partial charge in [0.2, 0.25) is 0 Å². The highest BCUT2D eigenvalue weighted by molar-refractivity contribution is 5.97. The first kappa shape index (κ1) is 22.0. The van der Waals surface area contributed by atoms with E-state index >= 15 is 0 Å². The molecule has 3 aromatic rings. The molecule has 0 radical (unpaired) electrons. The summed E-state index contributed by atoms with van der Waals surface area (Å²) in [6, 6.07) is 13.8. The van der Waals surface area contributed by atoms with Crippen LogP contribution in [0.3, 0.4) is 0 Å². The first-order valence-electron chi connectivity index (χ1n) is 11.2. The zero-order valence-corrected chi connectivity index (χ0v) is 19.1. The van der Waals surface area contributed by atoms with Crippen molar-refractivity contribution >= 4 is 22.6 Å². The smallest absolute Gasteiger partial charge is 0.251 e. The predicted octanol–water partition coefficient (Wildman–Crippen LogP) is 3.20. The Bertz CT molecular complexity index is 1080. The van der Waals surface area contributed by atoms with E-state index < -0.39 is 0 Å². The van der Waals surface area contributed by atoms with Gasteiger partial charge in [-0.05, 0) is 69.3 Å². The van der Waals surface area contributed by atoms with Crippen molar-refractivity contribution in [2.75, 3.05) is 51.3 Å². The van der Waals surface area contributed by atoms with E-state index in [0.29, 0.717) is 12.1 Å². The number of nitrogens with zero attached hydrogens (tertiary/aromatic N) is 4. The van der Waals surface area contributed by atoms with Crippen molar-refractivity contribution in [2.45, 2.75) is 20.3 Å². The predicted molar refractivity (Wildman–Crippen MR) is 128 cm³/mol. The molecule has 1 saturated heterocycles. The zero-order valence-electron chi connectivity index (χ0n) is 19.1. The molecule has 0 atom stereocenters. The molecule has 2 aromatic carbocycles. The van der Waals surface area contributed by atoms with Crippen LogP contribution in [-0.4, -0.2) is 67.2 Å². The Kier molecular flexibility index (Phi) is 6.85. The fraction of sp³-hybridized carbons (Fsp3) is 0.400. The normalized spacial score (nSPS) is 14.5. The minimum Gasteiger partial charge on any atom is -0.497 e. The van der Waals surface area contributed by atoms with E-state index in [9.17, 15) is 4.79 Å². The molecule has 1 aliphatic heterocycles. The third-order valence-electron chi connectivity index (χ3n) is 6.08. The van der Waals surface area contributed by atoms with Gasteiger partial charge in [-0.2, -0.15) is 0 Å². The maximum atomic E-state index is 12.5. The largest absolute Gasteiger partial charge is 0.497 e. The molecule has 32 heavy (non-hydrogen) atoms. The van der Waals surface area contributed by atoms with Gasteiger partial charge in [-0.1, -0.05) is 0 Å². The summed E-state index contributed by atoms with van der Waals surface area (Å²) in [5, 5.41) is 3.04. The van der Waals surface area contributed by atoms with Crippen LogP contribution in [0.5, 0.6) is 5.75 Å². The number of ether oxygens (including phenoxy) is 1. The van der Waals surface area contributed by atoms with Crippen LogP contribution in [0.2, 0.25) is 0 Å². The highest BCUT2D eigenvalue weighted by Crippen LogP contribution is 2.20. The van der Waals surface area contributed by atoms with Crippen molar-refractivity contribution in [3.05, 3.63) is 59.4 Å². The summed E-state index contributed by atoms with van der Waals surface area (Å²) in [6.07, 6.45) is 0.931. The fourth-order valence-corrected chi connectivity index (χ4v) is 4.00. The van der Waals surface area contributed by atoms with E-state index in [1.54, 1.807) is 7.11 Å². The first-order valence-corrected chi connectivity index (χ1v) is 11.2. The maximum Gasteiger partial charge on any atom is 0.251 e. The third-order valence-corrected chi connectivity index (χ3v) is 6.08. The minimum atomic E-state index is -0.0590. The number of rotatable bonds is 7. The summed E-state index contributed by atoms with van der Waals surface area (Å²) in [5.74, 6) is 0.826. The maximum absolute atomic E-state index is 12.5. The second-order valence-corrected chi connectivity index (χ2v) is 8.23. The van der Waals surface area contributed by atoms with Crippen molar-refractivity contribution in [3.8, 4) is 5.75 Å². The number of anilines is 1. The molecule has 4 rings (SSSR count). The van der Waals surface area contributed by atoms with Gasteiger partial charge in [-0.25, -0.2) is 9.97 Å². The molecule has 0 saturated carbocycles. The molecule has 0 bridgehead atoms. The minimum absolute atomic E-state index is 0.0590. The molecule has 168 valence electrons. The number of carbonyl (C=O) groups is 1. The lowest BCUT2D eigenvalue weighted by Gasteiger charge is -2.36. The van der Waals surface area contributed by atoms with Crippen molar-refractivity contribution in [1.82, 2.24) is 20.2 Å². The van der Waals surface area contributed by atoms with E-state index in [4.69, 9.17) is 4.74 Å². The molecule has 0 unspecified atom stereocenters. The lowest BCUT2D eigenvalue weighted by molar-refractivity contribution is 0.0951. The molecule has 7 nitrogen and oxygen atoms in total. The number of aryl methyl sites for hydroxylation is 2. The van der Waals surface area contributed by atoms with Gasteiger partial charge in [0.15, 0.2) is 0 Å². The zero-order chi connectivity index (χ0) is 22.5.